The number of aromatic hydroxyl groups is 2. The molecule has 30 heavy (non-hydrogen) atoms. The number of nitro groups is 2. The van der Waals surface area contributed by atoms with Crippen LogP contribution in [-0.2, 0) is 0 Å². The van der Waals surface area contributed by atoms with Gasteiger partial charge in [-0.25, -0.2) is 0 Å². The molecule has 0 saturated carbocycles. The molecule has 2 rings (SSSR count). The Labute approximate surface area is 172 Å². The monoisotopic (exact) mass is 414 g/mol. The van der Waals surface area contributed by atoms with Crippen LogP contribution in [0.25, 0.3) is 0 Å². The molecule has 0 aliphatic carbocycles. The highest BCUT2D eigenvalue weighted by Crippen LogP contribution is 2.22. The van der Waals surface area contributed by atoms with Gasteiger partial charge in [0.2, 0.25) is 0 Å². The lowest BCUT2D eigenvalue weighted by Gasteiger charge is -2.00. The van der Waals surface area contributed by atoms with E-state index in [1.54, 1.807) is 0 Å². The van der Waals surface area contributed by atoms with Crippen LogP contribution in [-0.4, -0.2) is 45.6 Å². The van der Waals surface area contributed by atoms with Gasteiger partial charge >= 0.3 is 0 Å². The molecule has 2 aromatic rings. The number of hydrogen-bond acceptors (Lipinski definition) is 8. The van der Waals surface area contributed by atoms with Gasteiger partial charge in [-0.05, 0) is 25.0 Å². The van der Waals surface area contributed by atoms with Crippen LogP contribution in [0.2, 0.25) is 0 Å². The summed E-state index contributed by atoms with van der Waals surface area (Å²) in [5.41, 5.74) is 0.410. The second kappa shape index (κ2) is 11.2. The first-order valence-corrected chi connectivity index (χ1v) is 9.33. The van der Waals surface area contributed by atoms with E-state index in [9.17, 15) is 30.4 Å². The molecule has 0 fully saturated rings. The van der Waals surface area contributed by atoms with Crippen LogP contribution in [0, 0.1) is 20.2 Å². The number of phenols is 2. The van der Waals surface area contributed by atoms with Gasteiger partial charge in [0.1, 0.15) is 11.5 Å². The SMILES string of the molecule is O=[N+]([O-])c1ccc(O)c(C=NCCCCCCN=Cc2cc([N+](=O)[O-])ccc2O)c1. The summed E-state index contributed by atoms with van der Waals surface area (Å²) < 4.78 is 0. The summed E-state index contributed by atoms with van der Waals surface area (Å²) in [6.45, 7) is 1.07. The molecule has 2 N–H and O–H groups in total. The van der Waals surface area contributed by atoms with Crippen molar-refractivity contribution >= 4 is 23.8 Å². The Kier molecular flexibility index (Phi) is 8.42. The molecule has 0 unspecified atom stereocenters. The molecule has 0 saturated heterocycles. The van der Waals surface area contributed by atoms with E-state index >= 15 is 0 Å². The minimum atomic E-state index is -0.528. The Hall–Kier alpha value is -3.82. The summed E-state index contributed by atoms with van der Waals surface area (Å²) >= 11 is 0. The fourth-order valence-electron chi connectivity index (χ4n) is 2.60. The second-order valence-electron chi connectivity index (χ2n) is 6.49. The number of rotatable bonds is 11. The van der Waals surface area contributed by atoms with Crippen molar-refractivity contribution in [1.82, 2.24) is 0 Å². The molecular weight excluding hydrogens is 392 g/mol. The van der Waals surface area contributed by atoms with Gasteiger partial charge in [-0.2, -0.15) is 0 Å². The zero-order valence-corrected chi connectivity index (χ0v) is 16.2. The van der Waals surface area contributed by atoms with Crippen LogP contribution in [0.15, 0.2) is 46.4 Å². The van der Waals surface area contributed by atoms with Crippen LogP contribution >= 0.6 is 0 Å². The van der Waals surface area contributed by atoms with Crippen molar-refractivity contribution in [3.63, 3.8) is 0 Å². The van der Waals surface area contributed by atoms with Crippen molar-refractivity contribution in [3.05, 3.63) is 67.8 Å². The van der Waals surface area contributed by atoms with Gasteiger partial charge in [0.15, 0.2) is 0 Å². The van der Waals surface area contributed by atoms with Gasteiger partial charge in [-0.3, -0.25) is 30.2 Å². The molecule has 158 valence electrons. The third kappa shape index (κ3) is 6.97. The highest BCUT2D eigenvalue weighted by molar-refractivity contribution is 5.85. The molecule has 0 aliphatic heterocycles. The summed E-state index contributed by atoms with van der Waals surface area (Å²) in [6.07, 6.45) is 6.32. The average Bonchev–Trinajstić information content (AvgIpc) is 2.71. The molecule has 0 amide bonds. The zero-order valence-electron chi connectivity index (χ0n) is 16.2. The van der Waals surface area contributed by atoms with E-state index < -0.39 is 9.85 Å². The fourth-order valence-corrected chi connectivity index (χ4v) is 2.60. The van der Waals surface area contributed by atoms with Gasteiger partial charge in [-0.1, -0.05) is 12.8 Å². The third-order valence-electron chi connectivity index (χ3n) is 4.23. The topological polar surface area (TPSA) is 151 Å². The Morgan fingerprint density at radius 3 is 1.50 bits per heavy atom. The standard InChI is InChI=1S/C20H22N4O6/c25-19-7-5-17(23(27)28)11-15(19)13-21-9-3-1-2-4-10-22-14-16-12-18(24(29)30)6-8-20(16)26/h5-8,11-14,25-26H,1-4,9-10H2. The van der Waals surface area contributed by atoms with Gasteiger partial charge in [0.05, 0.1) is 9.85 Å². The first kappa shape index (κ1) is 22.5. The normalized spacial score (nSPS) is 11.3. The largest absolute Gasteiger partial charge is 0.507 e. The number of benzene rings is 2. The van der Waals surface area contributed by atoms with Gasteiger partial charge in [0.25, 0.3) is 11.4 Å². The third-order valence-corrected chi connectivity index (χ3v) is 4.23. The fraction of sp³-hybridized carbons (Fsp3) is 0.300. The second-order valence-corrected chi connectivity index (χ2v) is 6.49. The van der Waals surface area contributed by atoms with Crippen molar-refractivity contribution in [2.24, 2.45) is 9.98 Å². The number of unbranched alkanes of at least 4 members (excludes halogenated alkanes) is 3. The first-order chi connectivity index (χ1) is 14.4. The van der Waals surface area contributed by atoms with E-state index in [2.05, 4.69) is 9.98 Å². The number of hydrogen-bond donors (Lipinski definition) is 2. The summed E-state index contributed by atoms with van der Waals surface area (Å²) in [5.74, 6) is -0.117. The average molecular weight is 414 g/mol. The summed E-state index contributed by atoms with van der Waals surface area (Å²) in [6, 6.07) is 7.55. The lowest BCUT2D eigenvalue weighted by atomic mass is 10.2. The molecule has 0 radical (unpaired) electrons. The van der Waals surface area contributed by atoms with Crippen molar-refractivity contribution < 1.29 is 20.1 Å². The predicted molar refractivity (Wildman–Crippen MR) is 113 cm³/mol. The summed E-state index contributed by atoms with van der Waals surface area (Å²) in [7, 11) is 0. The quantitative estimate of drug-likeness (QED) is 0.245. The van der Waals surface area contributed by atoms with Crippen molar-refractivity contribution in [3.8, 4) is 11.5 Å². The molecular formula is C20H22N4O6. The van der Waals surface area contributed by atoms with Crippen LogP contribution in [0.1, 0.15) is 36.8 Å². The molecule has 0 bridgehead atoms. The minimum absolute atomic E-state index is 0.0583. The molecule has 10 nitrogen and oxygen atoms in total. The lowest BCUT2D eigenvalue weighted by molar-refractivity contribution is -0.385. The molecule has 0 heterocycles. The smallest absolute Gasteiger partial charge is 0.270 e. The van der Waals surface area contributed by atoms with Gasteiger partial charge in [0, 0.05) is 60.9 Å². The van der Waals surface area contributed by atoms with E-state index in [4.69, 9.17) is 0 Å². The Balaban J connectivity index is 1.67. The molecule has 0 spiro atoms. The van der Waals surface area contributed by atoms with E-state index in [0.717, 1.165) is 25.7 Å². The molecule has 10 heteroatoms. The van der Waals surface area contributed by atoms with Crippen molar-refractivity contribution in [2.45, 2.75) is 25.7 Å². The van der Waals surface area contributed by atoms with Crippen molar-refractivity contribution in [1.29, 1.82) is 0 Å². The highest BCUT2D eigenvalue weighted by atomic mass is 16.6. The summed E-state index contributed by atoms with van der Waals surface area (Å²) in [4.78, 5) is 28.8. The molecule has 0 aromatic heterocycles. The Bertz CT molecular complexity index is 881. The van der Waals surface area contributed by atoms with Crippen LogP contribution in [0.5, 0.6) is 11.5 Å². The molecule has 2 aromatic carbocycles. The summed E-state index contributed by atoms with van der Waals surface area (Å²) in [5, 5.41) is 40.9. The number of nitro benzene ring substituents is 2. The molecule has 0 aliphatic rings. The van der Waals surface area contributed by atoms with Crippen LogP contribution < -0.4 is 0 Å². The van der Waals surface area contributed by atoms with Gasteiger partial charge in [-0.15, -0.1) is 0 Å². The predicted octanol–water partition coefficient (Wildman–Crippen LogP) is 4.01. The number of aliphatic imine (C=N–C) groups is 2. The molecule has 0 atom stereocenters. The maximum Gasteiger partial charge on any atom is 0.270 e. The maximum atomic E-state index is 10.8. The number of nitrogens with zero attached hydrogens (tertiary/aromatic N) is 4. The highest BCUT2D eigenvalue weighted by Gasteiger charge is 2.09. The lowest BCUT2D eigenvalue weighted by Crippen LogP contribution is -1.92. The number of phenolic OH excluding ortho intramolecular Hbond substituents is 2. The minimum Gasteiger partial charge on any atom is -0.507 e. The van der Waals surface area contributed by atoms with E-state index in [1.807, 2.05) is 0 Å². The van der Waals surface area contributed by atoms with E-state index in [0.29, 0.717) is 24.2 Å². The Morgan fingerprint density at radius 2 is 1.13 bits per heavy atom. The van der Waals surface area contributed by atoms with Gasteiger partial charge < -0.3 is 10.2 Å². The first-order valence-electron chi connectivity index (χ1n) is 9.33. The number of non-ortho nitro benzene ring substituents is 2. The Morgan fingerprint density at radius 1 is 0.733 bits per heavy atom. The zero-order chi connectivity index (χ0) is 21.9. The van der Waals surface area contributed by atoms with Crippen molar-refractivity contribution in [2.75, 3.05) is 13.1 Å². The van der Waals surface area contributed by atoms with Crippen LogP contribution in [0.4, 0.5) is 11.4 Å². The maximum absolute atomic E-state index is 10.8. The van der Waals surface area contributed by atoms with Crippen LogP contribution in [0.3, 0.4) is 0 Å². The van der Waals surface area contributed by atoms with E-state index in [-0.39, 0.29) is 22.9 Å². The van der Waals surface area contributed by atoms with E-state index in [1.165, 1.54) is 48.8 Å².